The molecule has 4 aromatic rings. The van der Waals surface area contributed by atoms with Gasteiger partial charge in [0, 0.05) is 55.6 Å². The van der Waals surface area contributed by atoms with E-state index in [9.17, 15) is 31.5 Å². The summed E-state index contributed by atoms with van der Waals surface area (Å²) in [4.78, 5) is 13.7. The molecule has 10 nitrogen and oxygen atoms in total. The van der Waals surface area contributed by atoms with Crippen molar-refractivity contribution in [2.45, 2.75) is 57.7 Å². The topological polar surface area (TPSA) is 121 Å². The van der Waals surface area contributed by atoms with Crippen LogP contribution < -0.4 is 14.9 Å². The van der Waals surface area contributed by atoms with Gasteiger partial charge in [-0.15, -0.1) is 0 Å². The molecule has 0 fully saturated rings. The van der Waals surface area contributed by atoms with Crippen LogP contribution in [0.1, 0.15) is 34.0 Å². The average molecular weight is 633 g/mol. The number of alkyl halides is 3. The fraction of sp³-hybridized carbons (Fsp3) is 0.400. The summed E-state index contributed by atoms with van der Waals surface area (Å²) in [5.41, 5.74) is 3.82. The number of nitrogens with one attached hydrogen (secondary N) is 2. The lowest BCUT2D eigenvalue weighted by Crippen LogP contribution is -2.48. The van der Waals surface area contributed by atoms with Gasteiger partial charge >= 0.3 is 6.18 Å². The van der Waals surface area contributed by atoms with Crippen LogP contribution in [0.5, 0.6) is 0 Å². The summed E-state index contributed by atoms with van der Waals surface area (Å²) in [6, 6.07) is 11.9. The van der Waals surface area contributed by atoms with Crippen molar-refractivity contribution in [1.82, 2.24) is 25.0 Å². The Kier molecular flexibility index (Phi) is 9.05. The van der Waals surface area contributed by atoms with Crippen molar-refractivity contribution in [1.29, 1.82) is 0 Å². The van der Waals surface area contributed by atoms with Gasteiger partial charge in [0.15, 0.2) is 0 Å². The largest absolute Gasteiger partial charge is 0.408 e. The predicted molar refractivity (Wildman–Crippen MR) is 161 cm³/mol. The Bertz CT molecular complexity index is 1740. The van der Waals surface area contributed by atoms with Crippen molar-refractivity contribution in [3.05, 3.63) is 83.3 Å². The molecule has 3 N–H and O–H groups in total. The summed E-state index contributed by atoms with van der Waals surface area (Å²) in [5, 5.41) is 21.7. The highest BCUT2D eigenvalue weighted by atomic mass is 32.2. The monoisotopic (exact) mass is 632 g/mol. The second-order valence-electron chi connectivity index (χ2n) is 11.0. The van der Waals surface area contributed by atoms with Crippen LogP contribution in [0.15, 0.2) is 61.1 Å². The van der Waals surface area contributed by atoms with Gasteiger partial charge in [0.05, 0.1) is 35.3 Å². The van der Waals surface area contributed by atoms with Crippen LogP contribution >= 0.6 is 0 Å². The van der Waals surface area contributed by atoms with Crippen LogP contribution in [0.2, 0.25) is 0 Å². The molecule has 236 valence electrons. The maximum Gasteiger partial charge on any atom is 0.408 e. The molecule has 3 heterocycles. The first-order valence-electron chi connectivity index (χ1n) is 14.3. The summed E-state index contributed by atoms with van der Waals surface area (Å²) in [7, 11) is -2.10. The molecule has 2 aromatic carbocycles. The number of hydrogen-bond acceptors (Lipinski definition) is 6. The van der Waals surface area contributed by atoms with Gasteiger partial charge in [0.1, 0.15) is 6.54 Å². The maximum atomic E-state index is 13.7. The summed E-state index contributed by atoms with van der Waals surface area (Å²) < 4.78 is 67.7. The molecule has 0 spiro atoms. The number of benzene rings is 2. The zero-order chi connectivity index (χ0) is 31.6. The SMILES string of the molecule is CCc1cn2c3c(cc(C(=O)N[C@@H](Cc4ccccc4)[C@H](O)CNCc4cnn(CC(F)(F)F)c4)cc13)N(C)S(=O)(=O)CC2. The van der Waals surface area contributed by atoms with Crippen molar-refractivity contribution in [3.8, 4) is 0 Å². The van der Waals surface area contributed by atoms with E-state index in [0.29, 0.717) is 30.6 Å². The Morgan fingerprint density at radius 2 is 1.89 bits per heavy atom. The fourth-order valence-electron chi connectivity index (χ4n) is 5.50. The minimum atomic E-state index is -4.39. The Morgan fingerprint density at radius 3 is 2.59 bits per heavy atom. The van der Waals surface area contributed by atoms with E-state index in [1.54, 1.807) is 12.1 Å². The van der Waals surface area contributed by atoms with Crippen LogP contribution in [-0.2, 0) is 42.5 Å². The van der Waals surface area contributed by atoms with E-state index >= 15 is 0 Å². The van der Waals surface area contributed by atoms with Crippen LogP contribution in [-0.4, -0.2) is 71.4 Å². The number of halogens is 3. The maximum absolute atomic E-state index is 13.7. The zero-order valence-corrected chi connectivity index (χ0v) is 25.2. The molecule has 5 rings (SSSR count). The number of rotatable bonds is 11. The highest BCUT2D eigenvalue weighted by Gasteiger charge is 2.30. The normalized spacial score (nSPS) is 16.1. The molecule has 0 radical (unpaired) electrons. The van der Waals surface area contributed by atoms with Gasteiger partial charge in [-0.1, -0.05) is 37.3 Å². The van der Waals surface area contributed by atoms with Gasteiger partial charge < -0.3 is 20.3 Å². The zero-order valence-electron chi connectivity index (χ0n) is 24.4. The first-order chi connectivity index (χ1) is 20.8. The number of carbonyl (C=O) groups is 1. The summed E-state index contributed by atoms with van der Waals surface area (Å²) >= 11 is 0. The number of aliphatic hydroxyl groups excluding tert-OH is 1. The molecule has 0 saturated heterocycles. The second-order valence-corrected chi connectivity index (χ2v) is 13.1. The molecule has 14 heteroatoms. The van der Waals surface area contributed by atoms with E-state index in [1.165, 1.54) is 23.7 Å². The highest BCUT2D eigenvalue weighted by molar-refractivity contribution is 7.92. The summed E-state index contributed by atoms with van der Waals surface area (Å²) in [5.74, 6) is -0.532. The Morgan fingerprint density at radius 1 is 1.14 bits per heavy atom. The van der Waals surface area contributed by atoms with Crippen molar-refractivity contribution in [3.63, 3.8) is 0 Å². The first kappa shape index (κ1) is 31.5. The smallest absolute Gasteiger partial charge is 0.390 e. The number of amides is 1. The molecule has 1 amide bonds. The minimum absolute atomic E-state index is 0.0380. The van der Waals surface area contributed by atoms with E-state index in [1.807, 2.05) is 48.0 Å². The minimum Gasteiger partial charge on any atom is -0.390 e. The Hall–Kier alpha value is -3.88. The molecule has 1 aliphatic heterocycles. The van der Waals surface area contributed by atoms with E-state index in [2.05, 4.69) is 15.7 Å². The number of nitrogens with zero attached hydrogens (tertiary/aromatic N) is 4. The Balaban J connectivity index is 1.36. The Labute approximate surface area is 253 Å². The molecular formula is C30H35F3N6O4S. The van der Waals surface area contributed by atoms with E-state index in [4.69, 9.17) is 0 Å². The second kappa shape index (κ2) is 12.6. The number of aliphatic hydroxyl groups is 1. The van der Waals surface area contributed by atoms with Gasteiger partial charge in [0.2, 0.25) is 10.0 Å². The molecule has 44 heavy (non-hydrogen) atoms. The number of anilines is 1. The van der Waals surface area contributed by atoms with Crippen molar-refractivity contribution >= 4 is 32.5 Å². The number of carbonyl (C=O) groups excluding carboxylic acids is 1. The van der Waals surface area contributed by atoms with Crippen LogP contribution in [0.3, 0.4) is 0 Å². The molecule has 0 unspecified atom stereocenters. The molecule has 2 aromatic heterocycles. The average Bonchev–Trinajstić information content (AvgIpc) is 3.55. The lowest BCUT2D eigenvalue weighted by molar-refractivity contribution is -0.142. The van der Waals surface area contributed by atoms with Gasteiger partial charge in [-0.25, -0.2) is 8.42 Å². The quantitative estimate of drug-likeness (QED) is 0.234. The summed E-state index contributed by atoms with van der Waals surface area (Å²) in [6.45, 7) is 1.32. The molecular weight excluding hydrogens is 597 g/mol. The van der Waals surface area contributed by atoms with Gasteiger partial charge in [0.25, 0.3) is 5.91 Å². The number of aromatic nitrogens is 3. The van der Waals surface area contributed by atoms with E-state index in [-0.39, 0.29) is 24.4 Å². The lowest BCUT2D eigenvalue weighted by Gasteiger charge is -2.25. The molecule has 2 atom stereocenters. The third-order valence-corrected chi connectivity index (χ3v) is 9.54. The third-order valence-electron chi connectivity index (χ3n) is 7.81. The highest BCUT2D eigenvalue weighted by Crippen LogP contribution is 2.35. The van der Waals surface area contributed by atoms with Gasteiger partial charge in [-0.2, -0.15) is 18.3 Å². The standard InChI is InChI=1S/C30H35F3N6O4S/c1-3-22-18-38-9-10-44(42,43)37(2)26-13-23(12-24(22)28(26)38)29(41)36-25(11-20-7-5-4-6-8-20)27(40)16-34-14-21-15-35-39(17-21)19-30(31,32)33/h4-8,12-13,15,17-18,25,27,34,40H,3,9-11,14,16,19H2,1-2H3,(H,36,41)/t25-,27+/m0/s1. The van der Waals surface area contributed by atoms with Crippen molar-refractivity contribution < 1.29 is 31.5 Å². The predicted octanol–water partition coefficient (Wildman–Crippen LogP) is 3.23. The van der Waals surface area contributed by atoms with Crippen LogP contribution in [0, 0.1) is 0 Å². The number of aryl methyl sites for hydroxylation is 2. The first-order valence-corrected chi connectivity index (χ1v) is 15.9. The van der Waals surface area contributed by atoms with E-state index < -0.39 is 40.8 Å². The number of sulfonamides is 1. The van der Waals surface area contributed by atoms with Crippen LogP contribution in [0.25, 0.3) is 10.9 Å². The molecule has 1 aliphatic rings. The number of hydrogen-bond donors (Lipinski definition) is 3. The van der Waals surface area contributed by atoms with Gasteiger partial charge in [-0.3, -0.25) is 13.8 Å². The molecule has 0 saturated carbocycles. The van der Waals surface area contributed by atoms with Crippen molar-refractivity contribution in [2.75, 3.05) is 23.7 Å². The van der Waals surface area contributed by atoms with Crippen LogP contribution in [0.4, 0.5) is 18.9 Å². The molecule has 0 aliphatic carbocycles. The lowest BCUT2D eigenvalue weighted by atomic mass is 9.99. The molecule has 0 bridgehead atoms. The van der Waals surface area contributed by atoms with Crippen molar-refractivity contribution in [2.24, 2.45) is 0 Å². The van der Waals surface area contributed by atoms with E-state index in [0.717, 1.165) is 26.7 Å². The summed E-state index contributed by atoms with van der Waals surface area (Å²) in [6.07, 6.45) is 0.0996. The van der Waals surface area contributed by atoms with Gasteiger partial charge in [-0.05, 0) is 36.1 Å². The fourth-order valence-corrected chi connectivity index (χ4v) is 6.64. The third kappa shape index (κ3) is 7.08.